The van der Waals surface area contributed by atoms with Crippen molar-refractivity contribution in [2.75, 3.05) is 0 Å². The Labute approximate surface area is 206 Å². The van der Waals surface area contributed by atoms with Gasteiger partial charge in [0.2, 0.25) is 3.79 Å². The minimum Gasteiger partial charge on any atom is -0.324 e. The summed E-state index contributed by atoms with van der Waals surface area (Å²) in [6, 6.07) is 29.8. The number of hydrogen-bond acceptors (Lipinski definition) is 1. The number of rotatable bonds is 5. The molecule has 0 radical (unpaired) electrons. The summed E-state index contributed by atoms with van der Waals surface area (Å²) in [5.74, 6) is -1.51. The molecular formula is C24H20BrCl3N2P+. The van der Waals surface area contributed by atoms with E-state index in [1.54, 1.807) is 6.20 Å². The van der Waals surface area contributed by atoms with E-state index in [1.807, 2.05) is 23.6 Å². The summed E-state index contributed by atoms with van der Waals surface area (Å²) < 4.78 is 0.373. The van der Waals surface area contributed by atoms with Crippen LogP contribution in [0.5, 0.6) is 0 Å². The highest BCUT2D eigenvalue weighted by atomic mass is 79.9. The third kappa shape index (κ3) is 4.72. The van der Waals surface area contributed by atoms with Crippen molar-refractivity contribution in [1.29, 1.82) is 0 Å². The molecule has 0 unspecified atom stereocenters. The smallest absolute Gasteiger partial charge is 0.248 e. The van der Waals surface area contributed by atoms with E-state index in [1.165, 1.54) is 15.9 Å². The molecule has 0 aliphatic carbocycles. The van der Waals surface area contributed by atoms with Gasteiger partial charge in [-0.25, -0.2) is 4.98 Å². The van der Waals surface area contributed by atoms with E-state index in [-0.39, 0.29) is 0 Å². The number of aromatic nitrogens is 2. The Morgan fingerprint density at radius 3 is 1.77 bits per heavy atom. The fourth-order valence-corrected chi connectivity index (χ4v) is 8.79. The lowest BCUT2D eigenvalue weighted by molar-refractivity contribution is 0.717. The molecule has 7 heteroatoms. The molecule has 0 N–H and O–H groups in total. The lowest BCUT2D eigenvalue weighted by Crippen LogP contribution is -2.26. The molecule has 1 heterocycles. The third-order valence-electron chi connectivity index (χ3n) is 5.17. The zero-order valence-corrected chi connectivity index (χ0v) is 21.5. The van der Waals surface area contributed by atoms with Crippen LogP contribution in [0, 0.1) is 6.92 Å². The van der Waals surface area contributed by atoms with Gasteiger partial charge in [-0.05, 0) is 48.9 Å². The highest BCUT2D eigenvalue weighted by Crippen LogP contribution is 2.62. The summed E-state index contributed by atoms with van der Waals surface area (Å²) in [7, 11) is 0. The molecule has 1 aromatic heterocycles. The Kier molecular flexibility index (Phi) is 6.82. The number of aryl methyl sites for hydroxylation is 1. The summed E-state index contributed by atoms with van der Waals surface area (Å²) >= 11 is 22.5. The second-order valence-corrected chi connectivity index (χ2v) is 15.4. The average molecular weight is 554 g/mol. The molecule has 0 bridgehead atoms. The predicted octanol–water partition coefficient (Wildman–Crippen LogP) is 6.67. The van der Waals surface area contributed by atoms with Gasteiger partial charge in [0.25, 0.3) is 0 Å². The Hall–Kier alpha value is -1.35. The Balaban J connectivity index is 1.72. The average Bonchev–Trinajstić information content (AvgIpc) is 3.15. The number of alkyl halides is 3. The van der Waals surface area contributed by atoms with Crippen LogP contribution in [0.3, 0.4) is 0 Å². The molecule has 0 saturated carbocycles. The van der Waals surface area contributed by atoms with Crippen molar-refractivity contribution >= 4 is 72.2 Å². The molecule has 0 spiro atoms. The molecule has 31 heavy (non-hydrogen) atoms. The minimum absolute atomic E-state index is 0.426. The molecular weight excluding hydrogens is 534 g/mol. The summed E-state index contributed by atoms with van der Waals surface area (Å²) in [6.07, 6.45) is 1.73. The minimum atomic E-state index is -1.93. The van der Waals surface area contributed by atoms with Crippen molar-refractivity contribution in [3.05, 3.63) is 108 Å². The van der Waals surface area contributed by atoms with Crippen LogP contribution in [0.25, 0.3) is 0 Å². The lowest BCUT2D eigenvalue weighted by atomic mass is 10.2. The van der Waals surface area contributed by atoms with Gasteiger partial charge in [0.15, 0.2) is 27.3 Å². The van der Waals surface area contributed by atoms with Gasteiger partial charge in [0.1, 0.15) is 15.9 Å². The summed E-state index contributed by atoms with van der Waals surface area (Å²) in [4.78, 5) is 4.28. The SMILES string of the molecule is Cc1cnc(C(Cl)(Cl)Cl)n1Cc1ccc([P+](Br)(c2ccccc2)c2ccccc2)cc1. The van der Waals surface area contributed by atoms with Gasteiger partial charge in [0, 0.05) is 18.4 Å². The van der Waals surface area contributed by atoms with E-state index in [0.717, 1.165) is 11.3 Å². The van der Waals surface area contributed by atoms with Crippen molar-refractivity contribution in [3.8, 4) is 0 Å². The number of halogens is 4. The van der Waals surface area contributed by atoms with Crippen molar-refractivity contribution in [1.82, 2.24) is 9.55 Å². The van der Waals surface area contributed by atoms with Gasteiger partial charge in [0.05, 0.1) is 0 Å². The second kappa shape index (κ2) is 9.25. The van der Waals surface area contributed by atoms with Crippen molar-refractivity contribution < 1.29 is 0 Å². The van der Waals surface area contributed by atoms with Crippen LogP contribution in [0.4, 0.5) is 0 Å². The van der Waals surface area contributed by atoms with Crippen LogP contribution >= 0.6 is 56.3 Å². The summed E-state index contributed by atoms with van der Waals surface area (Å²) in [6.45, 7) is 2.54. The van der Waals surface area contributed by atoms with E-state index in [0.29, 0.717) is 12.4 Å². The maximum atomic E-state index is 6.11. The van der Waals surface area contributed by atoms with Crippen LogP contribution in [0.15, 0.2) is 91.1 Å². The Bertz CT molecular complexity index is 1120. The van der Waals surface area contributed by atoms with E-state index < -0.39 is 9.76 Å². The van der Waals surface area contributed by atoms with Crippen molar-refractivity contribution in [3.63, 3.8) is 0 Å². The number of imidazole rings is 1. The van der Waals surface area contributed by atoms with Crippen molar-refractivity contribution in [2.24, 2.45) is 0 Å². The van der Waals surface area contributed by atoms with Crippen LogP contribution in [-0.4, -0.2) is 9.55 Å². The molecule has 4 aromatic rings. The normalized spacial score (nSPS) is 12.2. The van der Waals surface area contributed by atoms with Gasteiger partial charge in [-0.2, -0.15) is 0 Å². The van der Waals surface area contributed by atoms with Gasteiger partial charge < -0.3 is 4.57 Å². The number of benzene rings is 3. The lowest BCUT2D eigenvalue weighted by Gasteiger charge is -2.20. The predicted molar refractivity (Wildman–Crippen MR) is 139 cm³/mol. The van der Waals surface area contributed by atoms with Gasteiger partial charge in [-0.1, -0.05) is 83.3 Å². The van der Waals surface area contributed by atoms with Gasteiger partial charge in [-0.3, -0.25) is 0 Å². The maximum absolute atomic E-state index is 6.11. The zero-order chi connectivity index (χ0) is 22.1. The summed E-state index contributed by atoms with van der Waals surface area (Å²) in [5, 5.41) is 3.80. The molecule has 0 fully saturated rings. The fraction of sp³-hybridized carbons (Fsp3) is 0.125. The quantitative estimate of drug-likeness (QED) is 0.199. The van der Waals surface area contributed by atoms with Crippen LogP contribution < -0.4 is 15.9 Å². The van der Waals surface area contributed by atoms with E-state index in [4.69, 9.17) is 34.8 Å². The molecule has 158 valence electrons. The number of hydrogen-bond donors (Lipinski definition) is 0. The van der Waals surface area contributed by atoms with Crippen LogP contribution in [0.2, 0.25) is 0 Å². The third-order valence-corrected chi connectivity index (χ3v) is 12.4. The molecule has 2 nitrogen and oxygen atoms in total. The largest absolute Gasteiger partial charge is 0.324 e. The van der Waals surface area contributed by atoms with E-state index >= 15 is 0 Å². The molecule has 3 aromatic carbocycles. The maximum Gasteiger partial charge on any atom is 0.248 e. The van der Waals surface area contributed by atoms with E-state index in [9.17, 15) is 0 Å². The first-order chi connectivity index (χ1) is 14.8. The molecule has 4 rings (SSSR count). The standard InChI is InChI=1S/C24H20BrCl3N2P/c1-18-16-29-23(24(26,27)28)30(18)17-19-12-14-22(15-13-19)31(25,20-8-4-2-5-9-20)21-10-6-3-7-11-21/h2-16H,17H2,1H3/q+1. The highest BCUT2D eigenvalue weighted by Gasteiger charge is 2.43. The first-order valence-electron chi connectivity index (χ1n) is 9.69. The number of nitrogens with zero attached hydrogens (tertiary/aromatic N) is 2. The Morgan fingerprint density at radius 2 is 1.29 bits per heavy atom. The highest BCUT2D eigenvalue weighted by molar-refractivity contribution is 9.44. The monoisotopic (exact) mass is 551 g/mol. The zero-order valence-electron chi connectivity index (χ0n) is 16.7. The van der Waals surface area contributed by atoms with Gasteiger partial charge >= 0.3 is 0 Å². The van der Waals surface area contributed by atoms with Crippen LogP contribution in [0.1, 0.15) is 17.1 Å². The molecule has 0 saturated heterocycles. The van der Waals surface area contributed by atoms with Crippen molar-refractivity contribution in [2.45, 2.75) is 17.3 Å². The molecule has 0 amide bonds. The first kappa shape index (κ1) is 22.8. The Morgan fingerprint density at radius 1 is 0.806 bits per heavy atom. The molecule has 0 aliphatic rings. The van der Waals surface area contributed by atoms with Crippen LogP contribution in [-0.2, 0) is 10.3 Å². The van der Waals surface area contributed by atoms with Gasteiger partial charge in [-0.15, -0.1) is 0 Å². The topological polar surface area (TPSA) is 17.8 Å². The molecule has 0 aliphatic heterocycles. The van der Waals surface area contributed by atoms with E-state index in [2.05, 4.69) is 93.3 Å². The summed E-state index contributed by atoms with van der Waals surface area (Å²) in [5.41, 5.74) is 2.06. The first-order valence-corrected chi connectivity index (χ1v) is 14.6. The molecule has 0 atom stereocenters. The second-order valence-electron chi connectivity index (χ2n) is 7.23. The fourth-order valence-electron chi connectivity index (χ4n) is 3.59.